The van der Waals surface area contributed by atoms with Crippen LogP contribution in [-0.4, -0.2) is 30.2 Å². The maximum Gasteiger partial charge on any atom is 0.251 e. The molecular weight excluding hydrogens is 384 g/mol. The first-order valence-electron chi connectivity index (χ1n) is 11.4. The maximum atomic E-state index is 12.5. The summed E-state index contributed by atoms with van der Waals surface area (Å²) in [4.78, 5) is 12.5. The zero-order valence-corrected chi connectivity index (χ0v) is 18.6. The number of nitrogens with zero attached hydrogens (tertiary/aromatic N) is 1. The van der Waals surface area contributed by atoms with Crippen LogP contribution >= 0.6 is 0 Å². The molecule has 1 aliphatic rings. The molecule has 0 saturated carbocycles. The van der Waals surface area contributed by atoms with Gasteiger partial charge in [0.15, 0.2) is 0 Å². The second-order valence-electron chi connectivity index (χ2n) is 8.40. The molecule has 2 aromatic carbocycles. The summed E-state index contributed by atoms with van der Waals surface area (Å²) in [5.41, 5.74) is 7.12. The first-order chi connectivity index (χ1) is 15.2. The van der Waals surface area contributed by atoms with Crippen LogP contribution < -0.4 is 5.32 Å². The zero-order valence-electron chi connectivity index (χ0n) is 18.6. The van der Waals surface area contributed by atoms with Crippen LogP contribution in [0.25, 0.3) is 16.9 Å². The Bertz CT molecular complexity index is 1010. The summed E-state index contributed by atoms with van der Waals surface area (Å²) >= 11 is 0. The van der Waals surface area contributed by atoms with Gasteiger partial charge in [-0.25, -0.2) is 0 Å². The molecule has 1 aliphatic carbocycles. The minimum absolute atomic E-state index is 0.0327. The van der Waals surface area contributed by atoms with Crippen LogP contribution in [0.15, 0.2) is 60.7 Å². The summed E-state index contributed by atoms with van der Waals surface area (Å²) in [5, 5.41) is 2.98. The maximum absolute atomic E-state index is 12.5. The first kappa shape index (κ1) is 21.4. The Morgan fingerprint density at radius 2 is 1.90 bits per heavy atom. The largest absolute Gasteiger partial charge is 0.382 e. The van der Waals surface area contributed by atoms with E-state index in [2.05, 4.69) is 65.3 Å². The van der Waals surface area contributed by atoms with Gasteiger partial charge >= 0.3 is 0 Å². The number of carbonyl (C=O) groups is 1. The highest BCUT2D eigenvalue weighted by molar-refractivity contribution is 5.94. The number of rotatable bonds is 8. The number of aromatic nitrogens is 1. The fourth-order valence-electron chi connectivity index (χ4n) is 4.41. The number of fused-ring (bicyclic) bond motifs is 1. The summed E-state index contributed by atoms with van der Waals surface area (Å²) in [6.07, 6.45) is 4.26. The summed E-state index contributed by atoms with van der Waals surface area (Å²) in [7, 11) is 0. The molecule has 4 nitrogen and oxygen atoms in total. The van der Waals surface area contributed by atoms with E-state index in [0.717, 1.165) is 30.9 Å². The summed E-state index contributed by atoms with van der Waals surface area (Å²) in [6.45, 7) is 6.33. The predicted molar refractivity (Wildman–Crippen MR) is 126 cm³/mol. The molecular formula is C27H32N2O2. The summed E-state index contributed by atoms with van der Waals surface area (Å²) in [5.74, 6) is 0.690. The lowest BCUT2D eigenvalue weighted by Crippen LogP contribution is -2.25. The van der Waals surface area contributed by atoms with Crippen molar-refractivity contribution in [2.75, 3.05) is 19.8 Å². The fourth-order valence-corrected chi connectivity index (χ4v) is 4.41. The molecule has 0 spiro atoms. The van der Waals surface area contributed by atoms with Gasteiger partial charge in [0.1, 0.15) is 0 Å². The Balaban J connectivity index is 1.58. The van der Waals surface area contributed by atoms with E-state index in [0.29, 0.717) is 25.3 Å². The van der Waals surface area contributed by atoms with Crippen LogP contribution in [0.1, 0.15) is 48.3 Å². The molecule has 0 fully saturated rings. The van der Waals surface area contributed by atoms with E-state index in [1.165, 1.54) is 28.9 Å². The average Bonchev–Trinajstić information content (AvgIpc) is 3.18. The second kappa shape index (κ2) is 9.97. The minimum Gasteiger partial charge on any atom is -0.382 e. The molecule has 0 saturated heterocycles. The lowest BCUT2D eigenvalue weighted by Gasteiger charge is -2.21. The molecule has 1 N–H and O–H groups in total. The number of hydrogen-bond acceptors (Lipinski definition) is 2. The topological polar surface area (TPSA) is 43.3 Å². The van der Waals surface area contributed by atoms with Gasteiger partial charge in [0, 0.05) is 36.7 Å². The molecule has 0 bridgehead atoms. The van der Waals surface area contributed by atoms with Crippen LogP contribution in [0.4, 0.5) is 0 Å². The molecule has 0 radical (unpaired) electrons. The molecule has 1 unspecified atom stereocenters. The SMILES string of the molecule is CCOCCCNC(=O)c1ccc(-n2c(-c3ccccc3)cc3c2CCC(C)C3)cc1. The van der Waals surface area contributed by atoms with E-state index in [-0.39, 0.29) is 5.91 Å². The fraction of sp³-hybridized carbons (Fsp3) is 0.370. The van der Waals surface area contributed by atoms with Crippen molar-refractivity contribution in [3.05, 3.63) is 77.5 Å². The van der Waals surface area contributed by atoms with Crippen LogP contribution in [0.5, 0.6) is 0 Å². The van der Waals surface area contributed by atoms with Gasteiger partial charge < -0.3 is 14.6 Å². The highest BCUT2D eigenvalue weighted by Crippen LogP contribution is 2.35. The lowest BCUT2D eigenvalue weighted by molar-refractivity contribution is 0.0944. The van der Waals surface area contributed by atoms with Gasteiger partial charge in [0.2, 0.25) is 0 Å². The standard InChI is InChI=1S/C27H32N2O2/c1-3-31-17-7-16-28-27(30)22-11-13-24(14-12-22)29-25-15-10-20(2)18-23(25)19-26(29)21-8-5-4-6-9-21/h4-6,8-9,11-14,19-20H,3,7,10,15-18H2,1-2H3,(H,28,30). The van der Waals surface area contributed by atoms with Gasteiger partial charge in [-0.2, -0.15) is 0 Å². The molecule has 1 atom stereocenters. The molecule has 1 heterocycles. The van der Waals surface area contributed by atoms with Gasteiger partial charge in [0.25, 0.3) is 5.91 Å². The van der Waals surface area contributed by atoms with Gasteiger partial charge in [-0.05, 0) is 80.0 Å². The van der Waals surface area contributed by atoms with Crippen molar-refractivity contribution >= 4 is 5.91 Å². The van der Waals surface area contributed by atoms with Crippen molar-refractivity contribution in [1.29, 1.82) is 0 Å². The Morgan fingerprint density at radius 3 is 2.65 bits per heavy atom. The molecule has 4 rings (SSSR count). The number of carbonyl (C=O) groups excluding carboxylic acids is 1. The highest BCUT2D eigenvalue weighted by Gasteiger charge is 2.23. The van der Waals surface area contributed by atoms with E-state index in [9.17, 15) is 4.79 Å². The molecule has 1 amide bonds. The molecule has 0 aliphatic heterocycles. The van der Waals surface area contributed by atoms with E-state index >= 15 is 0 Å². The van der Waals surface area contributed by atoms with Crippen molar-refractivity contribution in [3.8, 4) is 16.9 Å². The van der Waals surface area contributed by atoms with Crippen LogP contribution in [-0.2, 0) is 17.6 Å². The van der Waals surface area contributed by atoms with Crippen molar-refractivity contribution in [2.24, 2.45) is 5.92 Å². The van der Waals surface area contributed by atoms with E-state index in [1.54, 1.807) is 0 Å². The van der Waals surface area contributed by atoms with Gasteiger partial charge in [0.05, 0.1) is 5.69 Å². The van der Waals surface area contributed by atoms with Gasteiger partial charge in [-0.3, -0.25) is 4.79 Å². The smallest absolute Gasteiger partial charge is 0.251 e. The number of benzene rings is 2. The van der Waals surface area contributed by atoms with Crippen molar-refractivity contribution in [2.45, 2.75) is 39.5 Å². The monoisotopic (exact) mass is 416 g/mol. The number of hydrogen-bond donors (Lipinski definition) is 1. The Labute approximate surface area is 185 Å². The number of ether oxygens (including phenoxy) is 1. The quantitative estimate of drug-likeness (QED) is 0.498. The van der Waals surface area contributed by atoms with E-state index in [1.807, 2.05) is 19.1 Å². The molecule has 1 aromatic heterocycles. The van der Waals surface area contributed by atoms with Crippen molar-refractivity contribution in [1.82, 2.24) is 9.88 Å². The first-order valence-corrected chi connectivity index (χ1v) is 11.4. The minimum atomic E-state index is -0.0327. The van der Waals surface area contributed by atoms with E-state index in [4.69, 9.17) is 4.74 Å². The Morgan fingerprint density at radius 1 is 1.13 bits per heavy atom. The predicted octanol–water partition coefficient (Wildman–Crippen LogP) is 5.43. The number of amides is 1. The third kappa shape index (κ3) is 4.91. The summed E-state index contributed by atoms with van der Waals surface area (Å²) in [6, 6.07) is 20.9. The Hall–Kier alpha value is -2.85. The van der Waals surface area contributed by atoms with Gasteiger partial charge in [-0.15, -0.1) is 0 Å². The second-order valence-corrected chi connectivity index (χ2v) is 8.40. The Kier molecular flexibility index (Phi) is 6.88. The highest BCUT2D eigenvalue weighted by atomic mass is 16.5. The molecule has 31 heavy (non-hydrogen) atoms. The van der Waals surface area contributed by atoms with Crippen LogP contribution in [0, 0.1) is 5.92 Å². The van der Waals surface area contributed by atoms with E-state index < -0.39 is 0 Å². The normalized spacial score (nSPS) is 15.5. The lowest BCUT2D eigenvalue weighted by atomic mass is 9.89. The van der Waals surface area contributed by atoms with Crippen molar-refractivity contribution in [3.63, 3.8) is 0 Å². The molecule has 162 valence electrons. The molecule has 3 aromatic rings. The third-order valence-electron chi connectivity index (χ3n) is 6.05. The van der Waals surface area contributed by atoms with Gasteiger partial charge in [-0.1, -0.05) is 37.3 Å². The summed E-state index contributed by atoms with van der Waals surface area (Å²) < 4.78 is 7.71. The molecule has 4 heteroatoms. The van der Waals surface area contributed by atoms with Crippen LogP contribution in [0.2, 0.25) is 0 Å². The average molecular weight is 417 g/mol. The van der Waals surface area contributed by atoms with Crippen molar-refractivity contribution < 1.29 is 9.53 Å². The third-order valence-corrected chi connectivity index (χ3v) is 6.05. The zero-order chi connectivity index (χ0) is 21.6. The number of nitrogens with one attached hydrogen (secondary N) is 1. The van der Waals surface area contributed by atoms with Crippen LogP contribution in [0.3, 0.4) is 0 Å².